The zero-order chi connectivity index (χ0) is 40.7. The third kappa shape index (κ3) is 28.1. The molecule has 324 valence electrons. The Labute approximate surface area is 348 Å². The molecular formula is C54H102O. The van der Waals surface area contributed by atoms with Crippen LogP contribution in [0.2, 0.25) is 0 Å². The third-order valence-electron chi connectivity index (χ3n) is 13.1. The Kier molecular flexibility index (Phi) is 30.2. The summed E-state index contributed by atoms with van der Waals surface area (Å²) < 4.78 is 0. The summed E-state index contributed by atoms with van der Waals surface area (Å²) in [6.45, 7) is 21.9. The van der Waals surface area contributed by atoms with Gasteiger partial charge in [0.2, 0.25) is 0 Å². The summed E-state index contributed by atoms with van der Waals surface area (Å²) in [5.41, 5.74) is 5.01. The molecule has 55 heavy (non-hydrogen) atoms. The molecule has 0 atom stereocenters. The lowest BCUT2D eigenvalue weighted by Gasteiger charge is -2.33. The molecule has 1 aromatic carbocycles. The van der Waals surface area contributed by atoms with Gasteiger partial charge in [0.1, 0.15) is 5.75 Å². The van der Waals surface area contributed by atoms with Crippen LogP contribution in [0.4, 0.5) is 0 Å². The van der Waals surface area contributed by atoms with Gasteiger partial charge in [-0.25, -0.2) is 0 Å². The Bertz CT molecular complexity index is 1010. The lowest BCUT2D eigenvalue weighted by Crippen LogP contribution is -2.23. The molecule has 1 nitrogen and oxygen atoms in total. The first-order chi connectivity index (χ1) is 26.4. The Morgan fingerprint density at radius 2 is 0.582 bits per heavy atom. The zero-order valence-corrected chi connectivity index (χ0v) is 39.6. The van der Waals surface area contributed by atoms with Gasteiger partial charge in [-0.2, -0.15) is 0 Å². The van der Waals surface area contributed by atoms with E-state index in [1.165, 1.54) is 229 Å². The van der Waals surface area contributed by atoms with E-state index in [1.807, 2.05) is 0 Å². The van der Waals surface area contributed by atoms with E-state index in [2.05, 4.69) is 74.4 Å². The number of hydrogen-bond donors (Lipinski definition) is 1. The molecule has 1 heteroatoms. The summed E-state index contributed by atoms with van der Waals surface area (Å²) in [7, 11) is 0. The molecule has 0 aliphatic carbocycles. The fourth-order valence-electron chi connectivity index (χ4n) is 9.32. The van der Waals surface area contributed by atoms with E-state index >= 15 is 0 Å². The molecule has 0 amide bonds. The molecule has 0 aromatic heterocycles. The van der Waals surface area contributed by atoms with Crippen LogP contribution in [0.25, 0.3) is 0 Å². The minimum atomic E-state index is 0.192. The molecule has 1 N–H and O–H groups in total. The van der Waals surface area contributed by atoms with Gasteiger partial charge in [-0.15, -0.1) is 0 Å². The van der Waals surface area contributed by atoms with E-state index in [-0.39, 0.29) is 16.2 Å². The van der Waals surface area contributed by atoms with Gasteiger partial charge >= 0.3 is 0 Å². The topological polar surface area (TPSA) is 20.2 Å². The van der Waals surface area contributed by atoms with Crippen LogP contribution in [-0.4, -0.2) is 5.11 Å². The van der Waals surface area contributed by atoms with E-state index < -0.39 is 0 Å². The number of benzene rings is 1. The van der Waals surface area contributed by atoms with Gasteiger partial charge in [0.05, 0.1) is 0 Å². The predicted octanol–water partition coefficient (Wildman–Crippen LogP) is 19.0. The average Bonchev–Trinajstić information content (AvgIpc) is 3.13. The van der Waals surface area contributed by atoms with Gasteiger partial charge in [0, 0.05) is 0 Å². The van der Waals surface area contributed by atoms with Crippen molar-refractivity contribution in [2.45, 2.75) is 293 Å². The highest BCUT2D eigenvalue weighted by atomic mass is 16.3. The van der Waals surface area contributed by atoms with Crippen LogP contribution in [0, 0.1) is 16.2 Å². The summed E-state index contributed by atoms with van der Waals surface area (Å²) >= 11 is 0. The van der Waals surface area contributed by atoms with E-state index in [1.54, 1.807) is 0 Å². The molecule has 0 aliphatic rings. The Hall–Kier alpha value is -0.980. The van der Waals surface area contributed by atoms with Crippen molar-refractivity contribution in [1.29, 1.82) is 0 Å². The summed E-state index contributed by atoms with van der Waals surface area (Å²) in [6, 6.07) is 4.39. The van der Waals surface area contributed by atoms with Crippen LogP contribution in [0.5, 0.6) is 5.75 Å². The summed E-state index contributed by atoms with van der Waals surface area (Å²) in [5.74, 6) is 0.553. The highest BCUT2D eigenvalue weighted by Crippen LogP contribution is 2.41. The fraction of sp³-hybridized carbons (Fsp3) is 0.889. The molecule has 0 aliphatic heterocycles. The second-order valence-corrected chi connectivity index (χ2v) is 21.0. The quantitative estimate of drug-likeness (QED) is 0.0662. The maximum Gasteiger partial charge on any atom is 0.119 e. The molecule has 1 aromatic rings. The molecule has 0 spiro atoms. The van der Waals surface area contributed by atoms with Crippen molar-refractivity contribution >= 4 is 0 Å². The van der Waals surface area contributed by atoms with Crippen LogP contribution >= 0.6 is 0 Å². The standard InChI is InChI=1S/C54H102O/c1-10-13-16-19-22-25-28-31-34-37-42-52(4,5)45-48-40-41-51(55)50(47-54(8,9)44-39-36-33-30-27-24-21-18-15-12-3)49(48)46-53(6,7)43-38-35-32-29-26-23-20-17-14-11-2/h40-41,55H,10-39,42-47H2,1-9H3. The summed E-state index contributed by atoms with van der Waals surface area (Å²) in [4.78, 5) is 0. The highest BCUT2D eigenvalue weighted by Gasteiger charge is 2.29. The molecule has 0 unspecified atom stereocenters. The van der Waals surface area contributed by atoms with Gasteiger partial charge in [-0.05, 0) is 77.5 Å². The van der Waals surface area contributed by atoms with Gasteiger partial charge in [0.15, 0.2) is 0 Å². The average molecular weight is 767 g/mol. The van der Waals surface area contributed by atoms with Crippen molar-refractivity contribution in [3.8, 4) is 5.75 Å². The molecule has 0 fully saturated rings. The zero-order valence-electron chi connectivity index (χ0n) is 39.6. The number of phenolic OH excluding ortho intramolecular Hbond substituents is 1. The van der Waals surface area contributed by atoms with Crippen molar-refractivity contribution in [1.82, 2.24) is 0 Å². The third-order valence-corrected chi connectivity index (χ3v) is 13.1. The minimum Gasteiger partial charge on any atom is -0.508 e. The number of rotatable bonds is 39. The number of hydrogen-bond acceptors (Lipinski definition) is 1. The van der Waals surface area contributed by atoms with E-state index in [4.69, 9.17) is 0 Å². The van der Waals surface area contributed by atoms with Crippen molar-refractivity contribution in [2.75, 3.05) is 0 Å². The molecule has 0 bridgehead atoms. The van der Waals surface area contributed by atoms with E-state index in [0.29, 0.717) is 5.75 Å². The Morgan fingerprint density at radius 1 is 0.327 bits per heavy atom. The van der Waals surface area contributed by atoms with Gasteiger partial charge in [-0.3, -0.25) is 0 Å². The first kappa shape index (κ1) is 52.0. The number of aromatic hydroxyl groups is 1. The Balaban J connectivity index is 2.90. The monoisotopic (exact) mass is 767 g/mol. The normalized spacial score (nSPS) is 12.6. The first-order valence-corrected chi connectivity index (χ1v) is 25.2. The maximum absolute atomic E-state index is 11.6. The molecule has 0 saturated heterocycles. The molecule has 0 saturated carbocycles. The van der Waals surface area contributed by atoms with Gasteiger partial charge in [-0.1, -0.05) is 261 Å². The van der Waals surface area contributed by atoms with Crippen molar-refractivity contribution in [3.05, 3.63) is 28.8 Å². The smallest absolute Gasteiger partial charge is 0.119 e. The number of unbranched alkanes of at least 4 members (excludes halogenated alkanes) is 27. The second-order valence-electron chi connectivity index (χ2n) is 21.0. The molecule has 0 heterocycles. The van der Waals surface area contributed by atoms with E-state index in [0.717, 1.165) is 19.3 Å². The lowest BCUT2D eigenvalue weighted by molar-refractivity contribution is 0.292. The predicted molar refractivity (Wildman–Crippen MR) is 250 cm³/mol. The SMILES string of the molecule is CCCCCCCCCCCCC(C)(C)Cc1ccc(O)c(CC(C)(C)CCCCCCCCCCCC)c1CC(C)(C)CCCCCCCCCCCC. The minimum absolute atomic E-state index is 0.192. The van der Waals surface area contributed by atoms with Crippen LogP contribution in [-0.2, 0) is 19.3 Å². The Morgan fingerprint density at radius 3 is 0.891 bits per heavy atom. The first-order valence-electron chi connectivity index (χ1n) is 25.2. The maximum atomic E-state index is 11.6. The van der Waals surface area contributed by atoms with Gasteiger partial charge in [0.25, 0.3) is 0 Å². The lowest BCUT2D eigenvalue weighted by atomic mass is 9.72. The second kappa shape index (κ2) is 31.9. The van der Waals surface area contributed by atoms with E-state index in [9.17, 15) is 5.11 Å². The summed E-state index contributed by atoms with van der Waals surface area (Å²) in [6.07, 6.45) is 48.9. The summed E-state index contributed by atoms with van der Waals surface area (Å²) in [5, 5.41) is 11.6. The van der Waals surface area contributed by atoms with Gasteiger partial charge < -0.3 is 5.11 Å². The number of phenols is 1. The largest absolute Gasteiger partial charge is 0.508 e. The van der Waals surface area contributed by atoms with Crippen molar-refractivity contribution in [3.63, 3.8) is 0 Å². The van der Waals surface area contributed by atoms with Crippen LogP contribution in [0.3, 0.4) is 0 Å². The molecule has 0 radical (unpaired) electrons. The van der Waals surface area contributed by atoms with Crippen LogP contribution < -0.4 is 0 Å². The van der Waals surface area contributed by atoms with Crippen LogP contribution in [0.1, 0.15) is 291 Å². The highest BCUT2D eigenvalue weighted by molar-refractivity contribution is 5.46. The van der Waals surface area contributed by atoms with Crippen molar-refractivity contribution < 1.29 is 5.11 Å². The molecular weight excluding hydrogens is 665 g/mol. The van der Waals surface area contributed by atoms with Crippen molar-refractivity contribution in [2.24, 2.45) is 16.2 Å². The molecule has 1 rings (SSSR count). The van der Waals surface area contributed by atoms with Crippen LogP contribution in [0.15, 0.2) is 12.1 Å². The fourth-order valence-corrected chi connectivity index (χ4v) is 9.32.